The normalized spacial score (nSPS) is 16.8. The summed E-state index contributed by atoms with van der Waals surface area (Å²) in [6.45, 7) is 3.52. The summed E-state index contributed by atoms with van der Waals surface area (Å²) in [5.74, 6) is -0.916. The van der Waals surface area contributed by atoms with Gasteiger partial charge >= 0.3 is 5.97 Å². The minimum atomic E-state index is -0.682. The van der Waals surface area contributed by atoms with E-state index in [1.165, 1.54) is 16.7 Å². The molecule has 1 aliphatic heterocycles. The smallest absolute Gasteiger partial charge is 0.307 e. The molecule has 28 heavy (non-hydrogen) atoms. The highest BCUT2D eigenvalue weighted by Crippen LogP contribution is 2.23. The SMILES string of the molecule is Cl.O=C(O)[C@@H]1CCCN(CCOCC=C(c2ccccc2)c2ccccc2)C1. The van der Waals surface area contributed by atoms with Gasteiger partial charge in [0.2, 0.25) is 0 Å². The molecule has 4 nitrogen and oxygen atoms in total. The highest BCUT2D eigenvalue weighted by Gasteiger charge is 2.24. The summed E-state index contributed by atoms with van der Waals surface area (Å²) in [5.41, 5.74) is 3.51. The topological polar surface area (TPSA) is 49.8 Å². The van der Waals surface area contributed by atoms with Gasteiger partial charge < -0.3 is 14.7 Å². The molecule has 0 unspecified atom stereocenters. The molecule has 1 heterocycles. The molecule has 2 aromatic carbocycles. The highest BCUT2D eigenvalue weighted by molar-refractivity contribution is 5.85. The molecule has 0 saturated carbocycles. The van der Waals surface area contributed by atoms with Gasteiger partial charge in [-0.25, -0.2) is 0 Å². The maximum Gasteiger partial charge on any atom is 0.307 e. The zero-order valence-corrected chi connectivity index (χ0v) is 16.8. The number of halogens is 1. The Morgan fingerprint density at radius 1 is 1.07 bits per heavy atom. The Bertz CT molecular complexity index is 707. The van der Waals surface area contributed by atoms with E-state index in [0.717, 1.165) is 25.9 Å². The summed E-state index contributed by atoms with van der Waals surface area (Å²) in [5, 5.41) is 9.18. The molecule has 3 rings (SSSR count). The van der Waals surface area contributed by atoms with Gasteiger partial charge in [-0.3, -0.25) is 4.79 Å². The van der Waals surface area contributed by atoms with Crippen molar-refractivity contribution in [1.82, 2.24) is 4.90 Å². The Hall–Kier alpha value is -2.14. The minimum absolute atomic E-state index is 0. The van der Waals surface area contributed by atoms with Crippen LogP contribution in [0.25, 0.3) is 5.57 Å². The van der Waals surface area contributed by atoms with Crippen LogP contribution in [0.2, 0.25) is 0 Å². The van der Waals surface area contributed by atoms with Gasteiger partial charge in [0.15, 0.2) is 0 Å². The van der Waals surface area contributed by atoms with E-state index in [4.69, 9.17) is 4.74 Å². The molecule has 1 aliphatic rings. The van der Waals surface area contributed by atoms with Crippen molar-refractivity contribution in [2.24, 2.45) is 5.92 Å². The number of carboxylic acids is 1. The first-order chi connectivity index (χ1) is 13.2. The molecule has 0 bridgehead atoms. The van der Waals surface area contributed by atoms with Gasteiger partial charge in [0.1, 0.15) is 0 Å². The van der Waals surface area contributed by atoms with E-state index in [1.54, 1.807) is 0 Å². The first-order valence-corrected chi connectivity index (χ1v) is 9.58. The Kier molecular flexibility index (Phi) is 9.21. The van der Waals surface area contributed by atoms with E-state index in [0.29, 0.717) is 19.8 Å². The quantitative estimate of drug-likeness (QED) is 0.668. The Labute approximate surface area is 173 Å². The number of hydrogen-bond donors (Lipinski definition) is 1. The molecule has 5 heteroatoms. The fraction of sp³-hybridized carbons (Fsp3) is 0.348. The van der Waals surface area contributed by atoms with E-state index in [1.807, 2.05) is 36.4 Å². The van der Waals surface area contributed by atoms with E-state index >= 15 is 0 Å². The fourth-order valence-electron chi connectivity index (χ4n) is 3.52. The summed E-state index contributed by atoms with van der Waals surface area (Å²) in [4.78, 5) is 13.4. The van der Waals surface area contributed by atoms with Crippen molar-refractivity contribution in [3.63, 3.8) is 0 Å². The van der Waals surface area contributed by atoms with Crippen LogP contribution in [0, 0.1) is 5.92 Å². The average molecular weight is 402 g/mol. The van der Waals surface area contributed by atoms with Crippen LogP contribution in [-0.4, -0.2) is 48.8 Å². The second-order valence-corrected chi connectivity index (χ2v) is 6.90. The molecule has 1 fully saturated rings. The molecular weight excluding hydrogens is 374 g/mol. The summed E-state index contributed by atoms with van der Waals surface area (Å²) in [7, 11) is 0. The molecule has 0 aliphatic carbocycles. The van der Waals surface area contributed by atoms with Gasteiger partial charge in [-0.1, -0.05) is 66.7 Å². The van der Waals surface area contributed by atoms with Gasteiger partial charge in [-0.15, -0.1) is 12.4 Å². The van der Waals surface area contributed by atoms with Crippen LogP contribution >= 0.6 is 12.4 Å². The molecule has 1 saturated heterocycles. The van der Waals surface area contributed by atoms with Gasteiger partial charge in [-0.2, -0.15) is 0 Å². The second-order valence-electron chi connectivity index (χ2n) is 6.90. The van der Waals surface area contributed by atoms with Gasteiger partial charge in [0.25, 0.3) is 0 Å². The fourth-order valence-corrected chi connectivity index (χ4v) is 3.52. The van der Waals surface area contributed by atoms with Crippen LogP contribution in [0.15, 0.2) is 66.7 Å². The minimum Gasteiger partial charge on any atom is -0.481 e. The van der Waals surface area contributed by atoms with Gasteiger partial charge in [-0.05, 0) is 36.1 Å². The maximum absolute atomic E-state index is 11.2. The van der Waals surface area contributed by atoms with Crippen molar-refractivity contribution in [2.75, 3.05) is 32.8 Å². The highest BCUT2D eigenvalue weighted by atomic mass is 35.5. The predicted molar refractivity (Wildman–Crippen MR) is 115 cm³/mol. The van der Waals surface area contributed by atoms with Crippen molar-refractivity contribution in [1.29, 1.82) is 0 Å². The number of carboxylic acid groups (broad SMARTS) is 1. The second kappa shape index (κ2) is 11.6. The van der Waals surface area contributed by atoms with E-state index in [2.05, 4.69) is 35.2 Å². The maximum atomic E-state index is 11.2. The van der Waals surface area contributed by atoms with Gasteiger partial charge in [0.05, 0.1) is 19.1 Å². The summed E-state index contributed by atoms with van der Waals surface area (Å²) in [6, 6.07) is 20.7. The van der Waals surface area contributed by atoms with Crippen molar-refractivity contribution in [3.05, 3.63) is 77.9 Å². The summed E-state index contributed by atoms with van der Waals surface area (Å²) in [6.07, 6.45) is 3.86. The summed E-state index contributed by atoms with van der Waals surface area (Å²) < 4.78 is 5.84. The number of carbonyl (C=O) groups is 1. The molecular formula is C23H28ClNO3. The number of piperidine rings is 1. The van der Waals surface area contributed by atoms with E-state index in [-0.39, 0.29) is 18.3 Å². The third-order valence-electron chi connectivity index (χ3n) is 4.98. The van der Waals surface area contributed by atoms with Crippen LogP contribution < -0.4 is 0 Å². The largest absolute Gasteiger partial charge is 0.481 e. The zero-order chi connectivity index (χ0) is 18.9. The number of likely N-dealkylation sites (tertiary alicyclic amines) is 1. The first kappa shape index (κ1) is 22.2. The molecule has 1 N–H and O–H groups in total. The number of rotatable bonds is 8. The predicted octanol–water partition coefficient (Wildman–Crippen LogP) is 4.35. The summed E-state index contributed by atoms with van der Waals surface area (Å²) >= 11 is 0. The lowest BCUT2D eigenvalue weighted by Crippen LogP contribution is -2.40. The first-order valence-electron chi connectivity index (χ1n) is 9.58. The molecule has 2 aromatic rings. The molecule has 0 amide bonds. The lowest BCUT2D eigenvalue weighted by Gasteiger charge is -2.30. The number of nitrogens with zero attached hydrogens (tertiary/aromatic N) is 1. The average Bonchev–Trinajstić information content (AvgIpc) is 2.72. The van der Waals surface area contributed by atoms with Crippen LogP contribution in [0.1, 0.15) is 24.0 Å². The standard InChI is InChI=1S/C23H27NO3.ClH/c25-23(26)21-12-7-14-24(18-21)15-17-27-16-13-22(19-8-3-1-4-9-19)20-10-5-2-6-11-20;/h1-6,8-11,13,21H,7,12,14-18H2,(H,25,26);1H/t21-;/m1./s1. The Morgan fingerprint density at radius 3 is 2.25 bits per heavy atom. The van der Waals surface area contributed by atoms with Crippen LogP contribution in [0.4, 0.5) is 0 Å². The number of aliphatic carboxylic acids is 1. The number of benzene rings is 2. The zero-order valence-electron chi connectivity index (χ0n) is 16.0. The lowest BCUT2D eigenvalue weighted by molar-refractivity contribution is -0.143. The monoisotopic (exact) mass is 401 g/mol. The van der Waals surface area contributed by atoms with Crippen LogP contribution in [0.5, 0.6) is 0 Å². The van der Waals surface area contributed by atoms with Crippen LogP contribution in [-0.2, 0) is 9.53 Å². The van der Waals surface area contributed by atoms with E-state index in [9.17, 15) is 9.90 Å². The molecule has 0 radical (unpaired) electrons. The third-order valence-corrected chi connectivity index (χ3v) is 4.98. The molecule has 0 spiro atoms. The van der Waals surface area contributed by atoms with Crippen molar-refractivity contribution >= 4 is 23.9 Å². The van der Waals surface area contributed by atoms with Crippen molar-refractivity contribution < 1.29 is 14.6 Å². The molecule has 150 valence electrons. The van der Waals surface area contributed by atoms with E-state index < -0.39 is 5.97 Å². The van der Waals surface area contributed by atoms with Crippen molar-refractivity contribution in [3.8, 4) is 0 Å². The molecule has 1 atom stereocenters. The number of hydrogen-bond acceptors (Lipinski definition) is 3. The Balaban J connectivity index is 0.00000280. The molecule has 0 aromatic heterocycles. The van der Waals surface area contributed by atoms with Crippen molar-refractivity contribution in [2.45, 2.75) is 12.8 Å². The van der Waals surface area contributed by atoms with Crippen LogP contribution in [0.3, 0.4) is 0 Å². The number of ether oxygens (including phenoxy) is 1. The van der Waals surface area contributed by atoms with Gasteiger partial charge in [0, 0.05) is 13.1 Å². The Morgan fingerprint density at radius 2 is 1.68 bits per heavy atom. The lowest BCUT2D eigenvalue weighted by atomic mass is 9.98. The third kappa shape index (κ3) is 6.48.